The van der Waals surface area contributed by atoms with Crippen molar-refractivity contribution in [3.05, 3.63) is 93.4 Å². The highest BCUT2D eigenvalue weighted by atomic mass is 19.1. The highest BCUT2D eigenvalue weighted by Crippen LogP contribution is 2.23. The molecule has 0 fully saturated rings. The van der Waals surface area contributed by atoms with Crippen LogP contribution in [0, 0.1) is 18.2 Å². The molecule has 0 bridgehead atoms. The second-order valence-electron chi connectivity index (χ2n) is 7.26. The van der Waals surface area contributed by atoms with Crippen LogP contribution in [0.5, 0.6) is 0 Å². The zero-order valence-corrected chi connectivity index (χ0v) is 17.1. The van der Waals surface area contributed by atoms with Gasteiger partial charge < -0.3 is 15.6 Å². The van der Waals surface area contributed by atoms with Crippen LogP contribution in [0.2, 0.25) is 0 Å². The lowest BCUT2D eigenvalue weighted by molar-refractivity contribution is 0.627. The number of benzene rings is 2. The number of halogens is 1. The van der Waals surface area contributed by atoms with Crippen molar-refractivity contribution < 1.29 is 4.39 Å². The number of nitrogens with one attached hydrogen (secondary N) is 2. The number of aryl methyl sites for hydroxylation is 1. The summed E-state index contributed by atoms with van der Waals surface area (Å²) in [5, 5.41) is 13.2. The first-order valence-electron chi connectivity index (χ1n) is 9.64. The molecule has 0 aliphatic rings. The summed E-state index contributed by atoms with van der Waals surface area (Å²) >= 11 is 0. The minimum atomic E-state index is -0.450. The first-order valence-corrected chi connectivity index (χ1v) is 9.64. The molecule has 4 N–H and O–H groups in total. The van der Waals surface area contributed by atoms with Gasteiger partial charge in [0.2, 0.25) is 0 Å². The molecule has 7 nitrogen and oxygen atoms in total. The molecule has 0 atom stereocenters. The summed E-state index contributed by atoms with van der Waals surface area (Å²) < 4.78 is 15.2. The average molecular weight is 416 g/mol. The van der Waals surface area contributed by atoms with Crippen LogP contribution in [0.25, 0.3) is 10.8 Å². The highest BCUT2D eigenvalue weighted by molar-refractivity contribution is 6.16. The van der Waals surface area contributed by atoms with Gasteiger partial charge in [-0.05, 0) is 36.1 Å². The summed E-state index contributed by atoms with van der Waals surface area (Å²) in [4.78, 5) is 21.1. The van der Waals surface area contributed by atoms with Gasteiger partial charge in [0.15, 0.2) is 0 Å². The lowest BCUT2D eigenvalue weighted by Gasteiger charge is -2.16. The Bertz CT molecular complexity index is 1380. The normalized spacial score (nSPS) is 10.9. The van der Waals surface area contributed by atoms with Gasteiger partial charge in [-0.15, -0.1) is 0 Å². The molecule has 0 spiro atoms. The number of nitrogen functional groups attached to an aromatic ring is 1. The topological polar surface area (TPSA) is 110 Å². The van der Waals surface area contributed by atoms with Gasteiger partial charge in [0.25, 0.3) is 5.56 Å². The fourth-order valence-corrected chi connectivity index (χ4v) is 3.59. The van der Waals surface area contributed by atoms with Crippen LogP contribution in [0.3, 0.4) is 0 Å². The molecule has 0 saturated carbocycles. The Morgan fingerprint density at radius 3 is 2.74 bits per heavy atom. The van der Waals surface area contributed by atoms with Gasteiger partial charge in [-0.2, -0.15) is 0 Å². The van der Waals surface area contributed by atoms with Crippen LogP contribution in [0.1, 0.15) is 22.4 Å². The minimum Gasteiger partial charge on any atom is -0.383 e. The van der Waals surface area contributed by atoms with Crippen molar-refractivity contribution in [2.75, 3.05) is 11.1 Å². The number of hydrogen-bond acceptors (Lipinski definition) is 6. The van der Waals surface area contributed by atoms with Crippen molar-refractivity contribution in [2.24, 2.45) is 7.05 Å². The number of nitrogens with zero attached hydrogens (tertiary/aromatic N) is 3. The molecule has 4 aromatic rings. The van der Waals surface area contributed by atoms with E-state index in [1.807, 2.05) is 31.2 Å². The van der Waals surface area contributed by atoms with Crippen molar-refractivity contribution in [2.45, 2.75) is 13.5 Å². The molecule has 156 valence electrons. The van der Waals surface area contributed by atoms with Gasteiger partial charge in [-0.1, -0.05) is 30.3 Å². The monoisotopic (exact) mass is 416 g/mol. The Hall–Kier alpha value is -4.07. The lowest BCUT2D eigenvalue weighted by atomic mass is 10.0. The fourth-order valence-electron chi connectivity index (χ4n) is 3.59. The van der Waals surface area contributed by atoms with Crippen molar-refractivity contribution in [3.63, 3.8) is 0 Å². The second-order valence-corrected chi connectivity index (χ2v) is 7.26. The van der Waals surface area contributed by atoms with E-state index in [0.717, 1.165) is 16.6 Å². The Morgan fingerprint density at radius 2 is 1.97 bits per heavy atom. The van der Waals surface area contributed by atoms with Crippen LogP contribution in [0.4, 0.5) is 16.0 Å². The van der Waals surface area contributed by atoms with E-state index in [1.54, 1.807) is 17.7 Å². The van der Waals surface area contributed by atoms with Crippen LogP contribution < -0.4 is 16.6 Å². The Balaban J connectivity index is 1.70. The maximum absolute atomic E-state index is 13.6. The third kappa shape index (κ3) is 3.75. The van der Waals surface area contributed by atoms with E-state index >= 15 is 0 Å². The SMILES string of the molecule is Cc1cccc2cc(CNc3ncnc(N)c3C(=N)c3cccc(F)c3)n(C)c(=O)c12. The zero-order chi connectivity index (χ0) is 22.1. The van der Waals surface area contributed by atoms with Gasteiger partial charge in [0.05, 0.1) is 23.2 Å². The summed E-state index contributed by atoms with van der Waals surface area (Å²) in [6.07, 6.45) is 1.29. The average Bonchev–Trinajstić information content (AvgIpc) is 2.75. The number of pyridine rings is 1. The molecule has 2 aromatic carbocycles. The Labute approximate surface area is 177 Å². The van der Waals surface area contributed by atoms with E-state index in [0.29, 0.717) is 16.8 Å². The van der Waals surface area contributed by atoms with E-state index in [2.05, 4.69) is 15.3 Å². The molecule has 0 aliphatic carbocycles. The van der Waals surface area contributed by atoms with Crippen molar-refractivity contribution in [3.8, 4) is 0 Å². The molecule has 0 aliphatic heterocycles. The maximum atomic E-state index is 13.6. The molecule has 0 saturated heterocycles. The summed E-state index contributed by atoms with van der Waals surface area (Å²) in [6, 6.07) is 13.4. The number of hydrogen-bond donors (Lipinski definition) is 3. The summed E-state index contributed by atoms with van der Waals surface area (Å²) in [5.41, 5.74) is 8.25. The number of nitrogens with two attached hydrogens (primary N) is 1. The molecule has 0 radical (unpaired) electrons. The fraction of sp³-hybridized carbons (Fsp3) is 0.130. The molecule has 2 aromatic heterocycles. The van der Waals surface area contributed by atoms with Gasteiger partial charge in [0, 0.05) is 18.3 Å². The first kappa shape index (κ1) is 20.2. The van der Waals surface area contributed by atoms with Crippen LogP contribution in [0.15, 0.2) is 59.7 Å². The smallest absolute Gasteiger partial charge is 0.258 e. The largest absolute Gasteiger partial charge is 0.383 e. The molecule has 31 heavy (non-hydrogen) atoms. The minimum absolute atomic E-state index is 0.00289. The highest BCUT2D eigenvalue weighted by Gasteiger charge is 2.17. The number of rotatable bonds is 5. The predicted octanol–water partition coefficient (Wildman–Crippen LogP) is 3.39. The summed E-state index contributed by atoms with van der Waals surface area (Å²) in [5.74, 6) is -0.0121. The van der Waals surface area contributed by atoms with Gasteiger partial charge in [-0.25, -0.2) is 14.4 Å². The van der Waals surface area contributed by atoms with Crippen molar-refractivity contribution in [1.82, 2.24) is 14.5 Å². The second kappa shape index (κ2) is 7.98. The number of aromatic nitrogens is 3. The lowest BCUT2D eigenvalue weighted by Crippen LogP contribution is -2.23. The van der Waals surface area contributed by atoms with Crippen LogP contribution in [-0.4, -0.2) is 20.2 Å². The van der Waals surface area contributed by atoms with Gasteiger partial charge in [0.1, 0.15) is 23.8 Å². The van der Waals surface area contributed by atoms with Crippen molar-refractivity contribution in [1.29, 1.82) is 5.41 Å². The predicted molar refractivity (Wildman–Crippen MR) is 120 cm³/mol. The third-order valence-electron chi connectivity index (χ3n) is 5.25. The van der Waals surface area contributed by atoms with E-state index in [9.17, 15) is 9.18 Å². The van der Waals surface area contributed by atoms with Crippen LogP contribution >= 0.6 is 0 Å². The van der Waals surface area contributed by atoms with Gasteiger partial charge >= 0.3 is 0 Å². The third-order valence-corrected chi connectivity index (χ3v) is 5.25. The van der Waals surface area contributed by atoms with Gasteiger partial charge in [-0.3, -0.25) is 10.2 Å². The molecular formula is C23H21FN6O. The van der Waals surface area contributed by atoms with E-state index in [-0.39, 0.29) is 29.2 Å². The van der Waals surface area contributed by atoms with E-state index in [4.69, 9.17) is 11.1 Å². The molecular weight excluding hydrogens is 395 g/mol. The standard InChI is InChI=1S/C23H21FN6O/c1-13-5-3-6-14-10-17(30(2)23(31)18(13)14)11-27-22-19(21(26)28-12-29-22)20(25)15-7-4-8-16(24)9-15/h3-10,12,25H,11H2,1-2H3,(H3,26,27,28,29). The maximum Gasteiger partial charge on any atom is 0.258 e. The van der Waals surface area contributed by atoms with Crippen molar-refractivity contribution >= 4 is 28.1 Å². The molecule has 2 heterocycles. The molecule has 0 amide bonds. The van der Waals surface area contributed by atoms with E-state index in [1.165, 1.54) is 24.5 Å². The Kier molecular flexibility index (Phi) is 5.21. The quantitative estimate of drug-likeness (QED) is 0.432. The van der Waals surface area contributed by atoms with E-state index < -0.39 is 5.82 Å². The first-order chi connectivity index (χ1) is 14.9. The molecule has 4 rings (SSSR count). The number of anilines is 2. The summed E-state index contributed by atoms with van der Waals surface area (Å²) in [6.45, 7) is 2.19. The number of fused-ring (bicyclic) bond motifs is 1. The molecule has 8 heteroatoms. The Morgan fingerprint density at radius 1 is 1.19 bits per heavy atom. The molecule has 0 unspecified atom stereocenters. The summed E-state index contributed by atoms with van der Waals surface area (Å²) in [7, 11) is 1.72. The zero-order valence-electron chi connectivity index (χ0n) is 17.1. The van der Waals surface area contributed by atoms with Crippen LogP contribution in [-0.2, 0) is 13.6 Å².